The normalized spacial score (nSPS) is 10.7. The number of alkyl halides is 3. The van der Waals surface area contributed by atoms with Crippen LogP contribution in [0.15, 0.2) is 18.2 Å². The first-order valence-corrected chi connectivity index (χ1v) is 5.95. The highest BCUT2D eigenvalue weighted by Gasteiger charge is 2.02. The summed E-state index contributed by atoms with van der Waals surface area (Å²) in [7, 11) is 0. The van der Waals surface area contributed by atoms with Crippen molar-refractivity contribution >= 4 is 43.5 Å². The molecule has 3 heteroatoms. The summed E-state index contributed by atoms with van der Waals surface area (Å²) in [6, 6.07) is 9.18. The third-order valence-corrected chi connectivity index (χ3v) is 2.75. The van der Waals surface area contributed by atoms with Crippen LogP contribution in [0.3, 0.4) is 0 Å². The van der Waals surface area contributed by atoms with Gasteiger partial charge in [-0.3, -0.25) is 0 Å². The van der Waals surface area contributed by atoms with Crippen LogP contribution in [0.2, 0.25) is 0 Å². The fourth-order valence-corrected chi connectivity index (χ4v) is 1.69. The Kier molecular flexibility index (Phi) is 4.62. The molecular weight excluding hydrogens is 303 g/mol. The summed E-state index contributed by atoms with van der Waals surface area (Å²) in [6.45, 7) is 0. The van der Waals surface area contributed by atoms with E-state index in [1.807, 2.05) is 12.1 Å². The molecule has 1 radical (unpaired) electrons. The van der Waals surface area contributed by atoms with Crippen molar-refractivity contribution in [1.29, 1.82) is 0 Å². The van der Waals surface area contributed by atoms with Crippen molar-refractivity contribution in [3.63, 3.8) is 0 Å². The van der Waals surface area contributed by atoms with Crippen LogP contribution in [0.1, 0.15) is 14.9 Å². The van der Waals surface area contributed by atoms with Gasteiger partial charge in [0.05, 0.1) is 3.74 Å². The molecule has 1 rings (SSSR count). The lowest BCUT2D eigenvalue weighted by Gasteiger charge is -2.03. The van der Waals surface area contributed by atoms with Gasteiger partial charge in [0.15, 0.2) is 0 Å². The molecule has 0 amide bonds. The minimum Gasteiger partial charge on any atom is -0.126 e. The summed E-state index contributed by atoms with van der Waals surface area (Å²) >= 11 is 12.5. The van der Waals surface area contributed by atoms with Gasteiger partial charge in [0, 0.05) is 5.88 Å². The molecular formula is C9H8Br2Cl. The lowest BCUT2D eigenvalue weighted by Crippen LogP contribution is -1.88. The second-order valence-corrected chi connectivity index (χ2v) is 5.83. The molecule has 0 bridgehead atoms. The van der Waals surface area contributed by atoms with Gasteiger partial charge in [0.1, 0.15) is 0 Å². The molecule has 1 aromatic carbocycles. The second-order valence-electron chi connectivity index (χ2n) is 2.39. The summed E-state index contributed by atoms with van der Waals surface area (Å²) in [5, 5.41) is 0. The van der Waals surface area contributed by atoms with Gasteiger partial charge in [-0.15, -0.1) is 11.6 Å². The smallest absolute Gasteiger partial charge is 0.0946 e. The monoisotopic (exact) mass is 309 g/mol. The molecule has 0 unspecified atom stereocenters. The number of aryl methyl sites for hydroxylation is 1. The third kappa shape index (κ3) is 3.08. The van der Waals surface area contributed by atoms with E-state index >= 15 is 0 Å². The number of hydrogen-bond acceptors (Lipinski definition) is 0. The Morgan fingerprint density at radius 1 is 1.50 bits per heavy atom. The molecule has 0 saturated heterocycles. The summed E-state index contributed by atoms with van der Waals surface area (Å²) in [5.41, 5.74) is 2.36. The largest absolute Gasteiger partial charge is 0.126 e. The van der Waals surface area contributed by atoms with E-state index in [0.717, 1.165) is 12.0 Å². The molecule has 0 saturated carbocycles. The lowest BCUT2D eigenvalue weighted by molar-refractivity contribution is 1.13. The molecule has 0 fully saturated rings. The first-order valence-electron chi connectivity index (χ1n) is 3.58. The van der Waals surface area contributed by atoms with E-state index in [1.54, 1.807) is 0 Å². The van der Waals surface area contributed by atoms with Gasteiger partial charge in [0.25, 0.3) is 0 Å². The Bertz CT molecular complexity index is 248. The standard InChI is InChI=1S/C9H8Br2Cl/c10-9(11)8-3-1-2-7(6-8)4-5-12/h1,3,6,9H,4-5H2. The Morgan fingerprint density at radius 3 is 2.83 bits per heavy atom. The summed E-state index contributed by atoms with van der Waals surface area (Å²) in [5.74, 6) is 0.648. The van der Waals surface area contributed by atoms with Gasteiger partial charge >= 0.3 is 0 Å². The lowest BCUT2D eigenvalue weighted by atomic mass is 10.1. The van der Waals surface area contributed by atoms with Crippen LogP contribution in [-0.4, -0.2) is 5.88 Å². The van der Waals surface area contributed by atoms with Crippen LogP contribution < -0.4 is 0 Å². The molecule has 0 spiro atoms. The Balaban J connectivity index is 2.81. The molecule has 0 aromatic heterocycles. The molecule has 0 aliphatic heterocycles. The maximum Gasteiger partial charge on any atom is 0.0946 e. The zero-order valence-corrected chi connectivity index (χ0v) is 10.3. The summed E-state index contributed by atoms with van der Waals surface area (Å²) in [6.07, 6.45) is 0.877. The number of rotatable bonds is 3. The van der Waals surface area contributed by atoms with Crippen LogP contribution in [-0.2, 0) is 6.42 Å². The molecule has 1 aromatic rings. The second kappa shape index (κ2) is 5.25. The van der Waals surface area contributed by atoms with Crippen molar-refractivity contribution in [1.82, 2.24) is 0 Å². The minimum atomic E-state index is 0.216. The molecule has 12 heavy (non-hydrogen) atoms. The highest BCUT2D eigenvalue weighted by molar-refractivity contribution is 9.24. The van der Waals surface area contributed by atoms with Crippen molar-refractivity contribution in [2.45, 2.75) is 10.2 Å². The molecule has 0 aliphatic carbocycles. The third-order valence-electron chi connectivity index (χ3n) is 1.50. The number of hydrogen-bond donors (Lipinski definition) is 0. The van der Waals surface area contributed by atoms with Gasteiger partial charge in [-0.05, 0) is 23.6 Å². The van der Waals surface area contributed by atoms with Crippen molar-refractivity contribution in [3.05, 3.63) is 35.4 Å². The predicted molar refractivity (Wildman–Crippen MR) is 60.3 cm³/mol. The van der Waals surface area contributed by atoms with Gasteiger partial charge in [-0.1, -0.05) is 50.1 Å². The van der Waals surface area contributed by atoms with Crippen molar-refractivity contribution in [2.75, 3.05) is 5.88 Å². The maximum absolute atomic E-state index is 5.62. The Labute approximate surface area is 94.6 Å². The van der Waals surface area contributed by atoms with Crippen LogP contribution in [0.5, 0.6) is 0 Å². The first-order chi connectivity index (χ1) is 5.74. The van der Waals surface area contributed by atoms with E-state index < -0.39 is 0 Å². The topological polar surface area (TPSA) is 0 Å². The van der Waals surface area contributed by atoms with Crippen LogP contribution in [0.4, 0.5) is 0 Å². The molecule has 65 valence electrons. The fraction of sp³-hybridized carbons (Fsp3) is 0.333. The van der Waals surface area contributed by atoms with Gasteiger partial charge in [-0.2, -0.15) is 0 Å². The average Bonchev–Trinajstić information content (AvgIpc) is 2.05. The molecule has 0 aliphatic rings. The highest BCUT2D eigenvalue weighted by atomic mass is 79.9. The average molecular weight is 311 g/mol. The van der Waals surface area contributed by atoms with Crippen molar-refractivity contribution in [3.8, 4) is 0 Å². The van der Waals surface area contributed by atoms with E-state index in [-0.39, 0.29) is 3.74 Å². The highest BCUT2D eigenvalue weighted by Crippen LogP contribution is 2.29. The molecule has 0 N–H and O–H groups in total. The number of halogens is 3. The zero-order valence-electron chi connectivity index (χ0n) is 6.36. The van der Waals surface area contributed by atoms with E-state index in [4.69, 9.17) is 11.6 Å². The van der Waals surface area contributed by atoms with E-state index in [9.17, 15) is 0 Å². The molecule has 0 nitrogen and oxygen atoms in total. The van der Waals surface area contributed by atoms with E-state index in [1.165, 1.54) is 5.56 Å². The van der Waals surface area contributed by atoms with E-state index in [0.29, 0.717) is 5.88 Å². The Hall–Kier alpha value is 0.470. The molecule has 0 atom stereocenters. The van der Waals surface area contributed by atoms with Crippen LogP contribution in [0.25, 0.3) is 0 Å². The summed E-state index contributed by atoms with van der Waals surface area (Å²) < 4.78 is 0.216. The zero-order chi connectivity index (χ0) is 8.97. The fourth-order valence-electron chi connectivity index (χ4n) is 0.918. The van der Waals surface area contributed by atoms with E-state index in [2.05, 4.69) is 44.0 Å². The first kappa shape index (κ1) is 10.6. The van der Waals surface area contributed by atoms with Gasteiger partial charge in [-0.25, -0.2) is 0 Å². The van der Waals surface area contributed by atoms with Gasteiger partial charge in [0.2, 0.25) is 0 Å². The quantitative estimate of drug-likeness (QED) is 0.739. The predicted octanol–water partition coefficient (Wildman–Crippen LogP) is 4.06. The van der Waals surface area contributed by atoms with Crippen LogP contribution in [0, 0.1) is 6.07 Å². The van der Waals surface area contributed by atoms with Crippen LogP contribution >= 0.6 is 43.5 Å². The van der Waals surface area contributed by atoms with Crippen molar-refractivity contribution in [2.24, 2.45) is 0 Å². The molecule has 0 heterocycles. The minimum absolute atomic E-state index is 0.216. The number of benzene rings is 1. The Morgan fingerprint density at radius 2 is 2.25 bits per heavy atom. The summed E-state index contributed by atoms with van der Waals surface area (Å²) in [4.78, 5) is 0. The SMILES string of the molecule is ClCCc1[c]ccc(C(Br)Br)c1. The van der Waals surface area contributed by atoms with Gasteiger partial charge < -0.3 is 0 Å². The van der Waals surface area contributed by atoms with Crippen molar-refractivity contribution < 1.29 is 0 Å². The maximum atomic E-state index is 5.62.